The Morgan fingerprint density at radius 3 is 2.94 bits per heavy atom. The van der Waals surface area contributed by atoms with E-state index in [-0.39, 0.29) is 0 Å². The third-order valence-corrected chi connectivity index (χ3v) is 3.64. The van der Waals surface area contributed by atoms with E-state index in [1.165, 1.54) is 16.9 Å². The first-order chi connectivity index (χ1) is 8.86. The monoisotopic (exact) mass is 267 g/mol. The van der Waals surface area contributed by atoms with Crippen LogP contribution >= 0.6 is 11.8 Å². The lowest BCUT2D eigenvalue weighted by atomic mass is 10.2. The van der Waals surface area contributed by atoms with Crippen LogP contribution in [0.2, 0.25) is 0 Å². The van der Waals surface area contributed by atoms with Gasteiger partial charge in [-0.2, -0.15) is 0 Å². The van der Waals surface area contributed by atoms with Crippen LogP contribution < -0.4 is 5.32 Å². The van der Waals surface area contributed by atoms with Crippen molar-refractivity contribution in [2.24, 2.45) is 0 Å². The number of hydrogen-bond donors (Lipinski definition) is 1. The molecule has 0 aliphatic rings. The summed E-state index contributed by atoms with van der Waals surface area (Å²) < 4.78 is 5.34. The van der Waals surface area contributed by atoms with Crippen molar-refractivity contribution in [2.45, 2.75) is 38.1 Å². The summed E-state index contributed by atoms with van der Waals surface area (Å²) in [5.41, 5.74) is 1.37. The van der Waals surface area contributed by atoms with Gasteiger partial charge in [0.25, 0.3) is 0 Å². The van der Waals surface area contributed by atoms with E-state index in [9.17, 15) is 0 Å². The molecule has 18 heavy (non-hydrogen) atoms. The molecule has 0 fully saturated rings. The molecule has 0 radical (unpaired) electrons. The molecule has 3 heteroatoms. The number of benzene rings is 1. The van der Waals surface area contributed by atoms with Crippen LogP contribution in [-0.2, 0) is 11.3 Å². The first-order valence-corrected chi connectivity index (χ1v) is 7.85. The molecule has 0 heterocycles. The summed E-state index contributed by atoms with van der Waals surface area (Å²) in [6, 6.07) is 8.81. The Morgan fingerprint density at radius 1 is 1.28 bits per heavy atom. The standard InChI is InChI=1S/C15H25NOS/c1-3-9-16-13-14-7-5-8-15(12-14)18-11-6-10-17-4-2/h5,7-8,12,16H,3-4,6,9-11,13H2,1-2H3. The maximum atomic E-state index is 5.34. The smallest absolute Gasteiger partial charge is 0.0473 e. The van der Waals surface area contributed by atoms with Crippen molar-refractivity contribution in [3.8, 4) is 0 Å². The molecule has 0 saturated heterocycles. The van der Waals surface area contributed by atoms with Crippen LogP contribution in [-0.4, -0.2) is 25.5 Å². The lowest BCUT2D eigenvalue weighted by molar-refractivity contribution is 0.149. The van der Waals surface area contributed by atoms with Crippen molar-refractivity contribution in [1.82, 2.24) is 5.32 Å². The van der Waals surface area contributed by atoms with Crippen LogP contribution in [0.25, 0.3) is 0 Å². The largest absolute Gasteiger partial charge is 0.382 e. The predicted molar refractivity (Wildman–Crippen MR) is 80.3 cm³/mol. The highest BCUT2D eigenvalue weighted by Gasteiger charge is 1.97. The molecular formula is C15H25NOS. The third kappa shape index (κ3) is 7.04. The number of nitrogens with one attached hydrogen (secondary N) is 1. The van der Waals surface area contributed by atoms with Crippen LogP contribution in [0.15, 0.2) is 29.2 Å². The molecule has 1 aromatic rings. The quantitative estimate of drug-likeness (QED) is 0.516. The molecule has 1 aromatic carbocycles. The second-order valence-electron chi connectivity index (χ2n) is 4.22. The van der Waals surface area contributed by atoms with Crippen molar-refractivity contribution < 1.29 is 4.74 Å². The van der Waals surface area contributed by atoms with E-state index in [0.29, 0.717) is 0 Å². The zero-order chi connectivity index (χ0) is 13.1. The van der Waals surface area contributed by atoms with Gasteiger partial charge in [-0.3, -0.25) is 0 Å². The lowest BCUT2D eigenvalue weighted by Gasteiger charge is -2.06. The molecule has 0 aliphatic carbocycles. The van der Waals surface area contributed by atoms with Crippen molar-refractivity contribution in [1.29, 1.82) is 0 Å². The lowest BCUT2D eigenvalue weighted by Crippen LogP contribution is -2.13. The van der Waals surface area contributed by atoms with Gasteiger partial charge in [-0.25, -0.2) is 0 Å². The summed E-state index contributed by atoms with van der Waals surface area (Å²) in [4.78, 5) is 1.36. The highest BCUT2D eigenvalue weighted by Crippen LogP contribution is 2.19. The second kappa shape index (κ2) is 10.4. The summed E-state index contributed by atoms with van der Waals surface area (Å²) in [5, 5.41) is 3.43. The maximum Gasteiger partial charge on any atom is 0.0473 e. The summed E-state index contributed by atoms with van der Waals surface area (Å²) in [7, 11) is 0. The first kappa shape index (κ1) is 15.5. The summed E-state index contributed by atoms with van der Waals surface area (Å²) in [6.07, 6.45) is 2.31. The highest BCUT2D eigenvalue weighted by molar-refractivity contribution is 7.99. The number of hydrogen-bond acceptors (Lipinski definition) is 3. The van der Waals surface area contributed by atoms with Crippen molar-refractivity contribution in [3.63, 3.8) is 0 Å². The Morgan fingerprint density at radius 2 is 2.17 bits per heavy atom. The molecule has 0 aliphatic heterocycles. The van der Waals surface area contributed by atoms with Gasteiger partial charge in [-0.1, -0.05) is 19.1 Å². The van der Waals surface area contributed by atoms with E-state index < -0.39 is 0 Å². The minimum absolute atomic E-state index is 0.823. The van der Waals surface area contributed by atoms with Crippen LogP contribution in [0.1, 0.15) is 32.3 Å². The molecule has 1 rings (SSSR count). The van der Waals surface area contributed by atoms with Crippen LogP contribution in [0, 0.1) is 0 Å². The molecule has 0 aromatic heterocycles. The molecule has 1 N–H and O–H groups in total. The summed E-state index contributed by atoms with van der Waals surface area (Å²) in [5.74, 6) is 1.13. The van der Waals surface area contributed by atoms with Gasteiger partial charge >= 0.3 is 0 Å². The average molecular weight is 267 g/mol. The topological polar surface area (TPSA) is 21.3 Å². The third-order valence-electron chi connectivity index (χ3n) is 2.56. The first-order valence-electron chi connectivity index (χ1n) is 6.87. The molecular weight excluding hydrogens is 242 g/mol. The van der Waals surface area contributed by atoms with E-state index in [0.717, 1.165) is 38.5 Å². The average Bonchev–Trinajstić information content (AvgIpc) is 2.39. The minimum Gasteiger partial charge on any atom is -0.382 e. The normalized spacial score (nSPS) is 10.8. The van der Waals surface area contributed by atoms with Gasteiger partial charge < -0.3 is 10.1 Å². The van der Waals surface area contributed by atoms with E-state index in [1.54, 1.807) is 0 Å². The second-order valence-corrected chi connectivity index (χ2v) is 5.39. The molecule has 102 valence electrons. The van der Waals surface area contributed by atoms with Crippen LogP contribution in [0.5, 0.6) is 0 Å². The van der Waals surface area contributed by atoms with Gasteiger partial charge in [0.15, 0.2) is 0 Å². The molecule has 0 saturated carbocycles. The van der Waals surface area contributed by atoms with Gasteiger partial charge in [-0.15, -0.1) is 11.8 Å². The van der Waals surface area contributed by atoms with Crippen molar-refractivity contribution in [3.05, 3.63) is 29.8 Å². The molecule has 0 atom stereocenters. The van der Waals surface area contributed by atoms with Crippen LogP contribution in [0.4, 0.5) is 0 Å². The summed E-state index contributed by atoms with van der Waals surface area (Å²) in [6.45, 7) is 8.00. The number of thioether (sulfide) groups is 1. The van der Waals surface area contributed by atoms with Crippen LogP contribution in [0.3, 0.4) is 0 Å². The molecule has 0 spiro atoms. The Hall–Kier alpha value is -0.510. The van der Waals surface area contributed by atoms with Gasteiger partial charge in [0.05, 0.1) is 0 Å². The Balaban J connectivity index is 2.26. The maximum absolute atomic E-state index is 5.34. The summed E-state index contributed by atoms with van der Waals surface area (Å²) >= 11 is 1.92. The highest BCUT2D eigenvalue weighted by atomic mass is 32.2. The molecule has 0 amide bonds. The Bertz CT molecular complexity index is 317. The zero-order valence-electron chi connectivity index (χ0n) is 11.6. The number of ether oxygens (including phenoxy) is 1. The van der Waals surface area contributed by atoms with Gasteiger partial charge in [-0.05, 0) is 44.0 Å². The van der Waals surface area contributed by atoms with E-state index >= 15 is 0 Å². The minimum atomic E-state index is 0.823. The van der Waals surface area contributed by atoms with E-state index in [2.05, 4.69) is 36.5 Å². The Kier molecular flexibility index (Phi) is 9.00. The fourth-order valence-corrected chi connectivity index (χ4v) is 2.56. The van der Waals surface area contributed by atoms with Gasteiger partial charge in [0.2, 0.25) is 0 Å². The molecule has 0 unspecified atom stereocenters. The van der Waals surface area contributed by atoms with Gasteiger partial charge in [0, 0.05) is 30.4 Å². The zero-order valence-corrected chi connectivity index (χ0v) is 12.4. The fourth-order valence-electron chi connectivity index (χ4n) is 1.65. The number of rotatable bonds is 10. The SMILES string of the molecule is CCCNCc1cccc(SCCCOCC)c1. The molecule has 0 bridgehead atoms. The van der Waals surface area contributed by atoms with Gasteiger partial charge in [0.1, 0.15) is 0 Å². The predicted octanol–water partition coefficient (Wildman–Crippen LogP) is 3.70. The fraction of sp³-hybridized carbons (Fsp3) is 0.600. The Labute approximate surface area is 116 Å². The van der Waals surface area contributed by atoms with Crippen molar-refractivity contribution in [2.75, 3.05) is 25.5 Å². The van der Waals surface area contributed by atoms with E-state index in [1.807, 2.05) is 18.7 Å². The molecule has 2 nitrogen and oxygen atoms in total. The van der Waals surface area contributed by atoms with E-state index in [4.69, 9.17) is 4.74 Å². The van der Waals surface area contributed by atoms with Crippen molar-refractivity contribution >= 4 is 11.8 Å².